The third-order valence-electron chi connectivity index (χ3n) is 4.81. The number of sulfone groups is 2. The molecule has 152 valence electrons. The van der Waals surface area contributed by atoms with Gasteiger partial charge in [0.25, 0.3) is 0 Å². The Labute approximate surface area is 171 Å². The maximum Gasteiger partial charge on any atom is 0.210 e. The van der Waals surface area contributed by atoms with Crippen LogP contribution in [0.1, 0.15) is 25.0 Å². The Morgan fingerprint density at radius 3 is 1.48 bits per heavy atom. The molecular weight excluding hydrogens is 408 g/mol. The summed E-state index contributed by atoms with van der Waals surface area (Å²) in [6.07, 6.45) is 1.54. The molecule has 0 aromatic heterocycles. The first-order valence-corrected chi connectivity index (χ1v) is 12.2. The van der Waals surface area contributed by atoms with Crippen molar-refractivity contribution in [1.29, 1.82) is 0 Å². The summed E-state index contributed by atoms with van der Waals surface area (Å²) >= 11 is 0. The number of hydrogen-bond acceptors (Lipinski definition) is 5. The molecule has 29 heavy (non-hydrogen) atoms. The molecule has 0 radical (unpaired) electrons. The van der Waals surface area contributed by atoms with E-state index in [4.69, 9.17) is 0 Å². The second-order valence-electron chi connectivity index (χ2n) is 6.63. The lowest BCUT2D eigenvalue weighted by molar-refractivity contribution is 0.458. The van der Waals surface area contributed by atoms with E-state index in [9.17, 15) is 21.9 Å². The van der Waals surface area contributed by atoms with Crippen molar-refractivity contribution in [3.63, 3.8) is 0 Å². The van der Waals surface area contributed by atoms with Gasteiger partial charge >= 0.3 is 0 Å². The topological polar surface area (TPSA) is 88.5 Å². The molecule has 0 fully saturated rings. The Morgan fingerprint density at radius 1 is 0.621 bits per heavy atom. The molecular formula is C22H22O5S2. The molecule has 0 amide bonds. The van der Waals surface area contributed by atoms with Crippen LogP contribution in [0.2, 0.25) is 0 Å². The highest BCUT2D eigenvalue weighted by molar-refractivity contribution is 7.92. The van der Waals surface area contributed by atoms with Gasteiger partial charge in [-0.2, -0.15) is 0 Å². The van der Waals surface area contributed by atoms with Crippen molar-refractivity contribution in [3.05, 3.63) is 77.9 Å². The molecule has 1 N–H and O–H groups in total. The molecule has 0 saturated heterocycles. The fraction of sp³-hybridized carbons (Fsp3) is 0.182. The van der Waals surface area contributed by atoms with Crippen LogP contribution in [0.25, 0.3) is 0 Å². The van der Waals surface area contributed by atoms with Crippen LogP contribution in [-0.2, 0) is 32.5 Å². The third kappa shape index (κ3) is 4.06. The molecule has 0 atom stereocenters. The lowest BCUT2D eigenvalue weighted by Gasteiger charge is -2.11. The Morgan fingerprint density at radius 2 is 1.03 bits per heavy atom. The first-order chi connectivity index (χ1) is 13.7. The quantitative estimate of drug-likeness (QED) is 0.634. The summed E-state index contributed by atoms with van der Waals surface area (Å²) in [6.45, 7) is 3.92. The van der Waals surface area contributed by atoms with Crippen LogP contribution in [0.5, 0.6) is 5.75 Å². The summed E-state index contributed by atoms with van der Waals surface area (Å²) in [5, 5.41) is 10.2. The second kappa shape index (κ2) is 8.00. The van der Waals surface area contributed by atoms with E-state index in [1.807, 2.05) is 13.8 Å². The molecule has 3 aromatic carbocycles. The minimum absolute atomic E-state index is 0.00755. The average Bonchev–Trinajstić information content (AvgIpc) is 2.73. The fourth-order valence-corrected chi connectivity index (χ4v) is 5.68. The van der Waals surface area contributed by atoms with Gasteiger partial charge in [0.05, 0.1) is 14.7 Å². The summed E-state index contributed by atoms with van der Waals surface area (Å²) in [4.78, 5) is -0.570. The second-order valence-corrected chi connectivity index (χ2v) is 10.5. The van der Waals surface area contributed by atoms with Gasteiger partial charge in [0, 0.05) is 0 Å². The van der Waals surface area contributed by atoms with Gasteiger partial charge in [0.1, 0.15) is 10.6 Å². The lowest BCUT2D eigenvalue weighted by Crippen LogP contribution is -2.07. The van der Waals surface area contributed by atoms with Crippen molar-refractivity contribution in [2.45, 2.75) is 46.3 Å². The van der Waals surface area contributed by atoms with E-state index >= 15 is 0 Å². The highest BCUT2D eigenvalue weighted by Crippen LogP contribution is 2.33. The van der Waals surface area contributed by atoms with E-state index in [2.05, 4.69) is 0 Å². The standard InChI is InChI=1S/C22H22O5S2/c1-3-16-5-9-18(10-6-16)28(24,25)20-13-14-21(23)22(15-20)29(26,27)19-11-7-17(4-2)8-12-19/h5-15,23H,3-4H2,1-2H3. The summed E-state index contributed by atoms with van der Waals surface area (Å²) in [7, 11) is -8.02. The van der Waals surface area contributed by atoms with Crippen molar-refractivity contribution in [2.75, 3.05) is 0 Å². The first-order valence-electron chi connectivity index (χ1n) is 9.21. The predicted molar refractivity (Wildman–Crippen MR) is 111 cm³/mol. The maximum atomic E-state index is 13.0. The lowest BCUT2D eigenvalue weighted by atomic mass is 10.2. The van der Waals surface area contributed by atoms with Gasteiger partial charge in [-0.05, 0) is 66.4 Å². The van der Waals surface area contributed by atoms with Gasteiger partial charge in [-0.15, -0.1) is 0 Å². The van der Waals surface area contributed by atoms with Crippen molar-refractivity contribution >= 4 is 19.7 Å². The molecule has 0 aliphatic heterocycles. The molecule has 7 heteroatoms. The van der Waals surface area contributed by atoms with Crippen LogP contribution in [0.4, 0.5) is 0 Å². The van der Waals surface area contributed by atoms with E-state index in [0.717, 1.165) is 36.1 Å². The van der Waals surface area contributed by atoms with E-state index in [-0.39, 0.29) is 14.7 Å². The summed E-state index contributed by atoms with van der Waals surface area (Å²) in [6, 6.07) is 16.1. The SMILES string of the molecule is CCc1ccc(S(=O)(=O)c2ccc(O)c(S(=O)(=O)c3ccc(CC)cc3)c2)cc1. The van der Waals surface area contributed by atoms with Crippen LogP contribution in [0, 0.1) is 0 Å². The molecule has 0 bridgehead atoms. The summed E-state index contributed by atoms with van der Waals surface area (Å²) < 4.78 is 51.9. The molecule has 0 aliphatic carbocycles. The predicted octanol–water partition coefficient (Wildman–Crippen LogP) is 4.18. The van der Waals surface area contributed by atoms with Gasteiger partial charge in [-0.3, -0.25) is 0 Å². The van der Waals surface area contributed by atoms with E-state index < -0.39 is 30.3 Å². The largest absolute Gasteiger partial charge is 0.507 e. The molecule has 3 aromatic rings. The smallest absolute Gasteiger partial charge is 0.210 e. The van der Waals surface area contributed by atoms with Crippen LogP contribution >= 0.6 is 0 Å². The highest BCUT2D eigenvalue weighted by Gasteiger charge is 2.26. The monoisotopic (exact) mass is 430 g/mol. The Bertz CT molecular complexity index is 1230. The normalized spacial score (nSPS) is 12.1. The van der Waals surface area contributed by atoms with Crippen molar-refractivity contribution in [3.8, 4) is 5.75 Å². The first kappa shape index (κ1) is 21.1. The van der Waals surface area contributed by atoms with Crippen molar-refractivity contribution < 1.29 is 21.9 Å². The van der Waals surface area contributed by atoms with Gasteiger partial charge in [0.15, 0.2) is 0 Å². The van der Waals surface area contributed by atoms with E-state index in [0.29, 0.717) is 0 Å². The zero-order valence-corrected chi connectivity index (χ0v) is 17.8. The number of rotatable bonds is 6. The molecule has 5 nitrogen and oxygen atoms in total. The Kier molecular flexibility index (Phi) is 5.82. The fourth-order valence-electron chi connectivity index (χ4n) is 2.95. The summed E-state index contributed by atoms with van der Waals surface area (Å²) in [5.74, 6) is -0.496. The van der Waals surface area contributed by atoms with Crippen LogP contribution in [0.3, 0.4) is 0 Å². The van der Waals surface area contributed by atoms with Crippen LogP contribution < -0.4 is 0 Å². The third-order valence-corrected chi connectivity index (χ3v) is 8.38. The van der Waals surface area contributed by atoms with Gasteiger partial charge < -0.3 is 5.11 Å². The number of phenolic OH excluding ortho intramolecular Hbond substituents is 1. The number of benzene rings is 3. The van der Waals surface area contributed by atoms with Crippen molar-refractivity contribution in [1.82, 2.24) is 0 Å². The Balaban J connectivity index is 2.09. The van der Waals surface area contributed by atoms with E-state index in [1.54, 1.807) is 24.3 Å². The number of aromatic hydroxyl groups is 1. The molecule has 0 aliphatic rings. The van der Waals surface area contributed by atoms with Crippen LogP contribution in [0.15, 0.2) is 86.3 Å². The molecule has 0 unspecified atom stereocenters. The van der Waals surface area contributed by atoms with Gasteiger partial charge in [-0.25, -0.2) is 16.8 Å². The highest BCUT2D eigenvalue weighted by atomic mass is 32.2. The van der Waals surface area contributed by atoms with E-state index in [1.165, 1.54) is 30.3 Å². The Hall–Kier alpha value is -2.64. The average molecular weight is 431 g/mol. The molecule has 0 spiro atoms. The summed E-state index contributed by atoms with van der Waals surface area (Å²) in [5.41, 5.74) is 1.97. The maximum absolute atomic E-state index is 13.0. The van der Waals surface area contributed by atoms with Crippen LogP contribution in [-0.4, -0.2) is 21.9 Å². The van der Waals surface area contributed by atoms with Gasteiger partial charge in [0.2, 0.25) is 19.7 Å². The number of phenols is 1. The zero-order valence-electron chi connectivity index (χ0n) is 16.2. The van der Waals surface area contributed by atoms with Gasteiger partial charge in [-0.1, -0.05) is 38.1 Å². The number of hydrogen-bond donors (Lipinski definition) is 1. The minimum atomic E-state index is -4.08. The zero-order chi connectivity index (χ0) is 21.2. The molecule has 0 heterocycles. The molecule has 3 rings (SSSR count). The minimum Gasteiger partial charge on any atom is -0.507 e. The number of aryl methyl sites for hydroxylation is 2. The molecule has 0 saturated carbocycles. The van der Waals surface area contributed by atoms with Crippen molar-refractivity contribution in [2.24, 2.45) is 0 Å².